The first-order valence-corrected chi connectivity index (χ1v) is 8.99. The molecule has 0 heterocycles. The lowest BCUT2D eigenvalue weighted by Crippen LogP contribution is -2.03. The zero-order valence-corrected chi connectivity index (χ0v) is 15.9. The molecule has 0 amide bonds. The van der Waals surface area contributed by atoms with E-state index in [-0.39, 0.29) is 11.5 Å². The minimum Gasteiger partial charge on any atom is -0.507 e. The predicted octanol–water partition coefficient (Wildman–Crippen LogP) is 5.29. The van der Waals surface area contributed by atoms with E-state index >= 15 is 0 Å². The van der Waals surface area contributed by atoms with Crippen molar-refractivity contribution < 1.29 is 14.6 Å². The second-order valence-electron chi connectivity index (χ2n) is 5.61. The number of phenolic OH excluding ortho intramolecular Hbond substituents is 1. The molecule has 1 rings (SSSR count). The van der Waals surface area contributed by atoms with Gasteiger partial charge in [0.1, 0.15) is 16.9 Å². The van der Waals surface area contributed by atoms with E-state index in [2.05, 4.69) is 26.5 Å². The van der Waals surface area contributed by atoms with Crippen molar-refractivity contribution in [2.75, 3.05) is 6.61 Å². The molecule has 0 atom stereocenters. The number of unbranched alkanes of at least 4 members (excludes halogenated alkanes) is 4. The smallest absolute Gasteiger partial charge is 0.163 e. The first-order valence-electron chi connectivity index (χ1n) is 8.55. The van der Waals surface area contributed by atoms with Crippen LogP contribution in [-0.2, 0) is 6.42 Å². The number of ether oxygens (including phenoxy) is 1. The number of carbonyl (C=O) groups excluding carboxylic acids is 1. The van der Waals surface area contributed by atoms with Crippen LogP contribution in [0.3, 0.4) is 0 Å². The Labute approximate surface area is 151 Å². The first-order chi connectivity index (χ1) is 11.5. The van der Waals surface area contributed by atoms with E-state index in [4.69, 9.17) is 10.00 Å². The summed E-state index contributed by atoms with van der Waals surface area (Å²) in [6.07, 6.45) is 7.59. The minimum atomic E-state index is -0.115. The highest BCUT2D eigenvalue weighted by atomic mass is 32.1. The highest BCUT2D eigenvalue weighted by Gasteiger charge is 2.15. The zero-order valence-electron chi connectivity index (χ0n) is 15.0. The topological polar surface area (TPSA) is 70.3 Å². The van der Waals surface area contributed by atoms with Gasteiger partial charge in [0.2, 0.25) is 0 Å². The van der Waals surface area contributed by atoms with Gasteiger partial charge in [-0.1, -0.05) is 58.6 Å². The molecule has 0 saturated heterocycles. The van der Waals surface area contributed by atoms with Crippen molar-refractivity contribution in [1.29, 1.82) is 5.26 Å². The maximum Gasteiger partial charge on any atom is 0.163 e. The molecule has 0 aliphatic rings. The Morgan fingerprint density at radius 1 is 1.21 bits per heavy atom. The summed E-state index contributed by atoms with van der Waals surface area (Å²) in [5.74, 6) is 0.693. The molecule has 1 aromatic carbocycles. The number of carbonyl (C=O) groups is 1. The molecular formula is C19H29NO3S. The van der Waals surface area contributed by atoms with Crippen molar-refractivity contribution in [2.24, 2.45) is 0 Å². The zero-order chi connectivity index (χ0) is 18.4. The second kappa shape index (κ2) is 13.7. The number of thiocyanates is 1. The Bertz CT molecular complexity index is 538. The molecule has 0 radical (unpaired) electrons. The highest BCUT2D eigenvalue weighted by Crippen LogP contribution is 2.33. The summed E-state index contributed by atoms with van der Waals surface area (Å²) in [5, 5.41) is 18.9. The number of ketones is 1. The summed E-state index contributed by atoms with van der Waals surface area (Å²) in [7, 11) is 0. The van der Waals surface area contributed by atoms with Crippen LogP contribution in [0.15, 0.2) is 12.1 Å². The van der Waals surface area contributed by atoms with Crippen molar-refractivity contribution in [3.8, 4) is 16.9 Å². The first kappa shape index (κ1) is 22.3. The number of nitrogens with zero attached hydrogens (tertiary/aromatic N) is 1. The Morgan fingerprint density at radius 3 is 2.38 bits per heavy atom. The van der Waals surface area contributed by atoms with E-state index < -0.39 is 0 Å². The maximum absolute atomic E-state index is 11.5. The average molecular weight is 352 g/mol. The van der Waals surface area contributed by atoms with E-state index in [1.54, 1.807) is 6.07 Å². The fourth-order valence-corrected chi connectivity index (χ4v) is 2.42. The van der Waals surface area contributed by atoms with Gasteiger partial charge in [0, 0.05) is 5.56 Å². The molecule has 0 bridgehead atoms. The van der Waals surface area contributed by atoms with E-state index in [9.17, 15) is 9.90 Å². The normalized spacial score (nSPS) is 9.62. The molecule has 0 fully saturated rings. The molecule has 4 nitrogen and oxygen atoms in total. The molecule has 134 valence electrons. The third-order valence-corrected chi connectivity index (χ3v) is 3.62. The molecule has 0 saturated carbocycles. The van der Waals surface area contributed by atoms with Crippen molar-refractivity contribution in [3.63, 3.8) is 0 Å². The van der Waals surface area contributed by atoms with Crippen LogP contribution in [0, 0.1) is 10.7 Å². The van der Waals surface area contributed by atoms with Crippen LogP contribution in [0.2, 0.25) is 0 Å². The van der Waals surface area contributed by atoms with Gasteiger partial charge in [0.05, 0.1) is 12.2 Å². The molecule has 0 aliphatic carbocycles. The number of nitriles is 1. The Hall–Kier alpha value is -1.67. The van der Waals surface area contributed by atoms with Crippen LogP contribution in [0.1, 0.15) is 75.2 Å². The SMILES string of the molecule is CCCCCCCOc1ccc(C(C)=O)c(O)c1CCC.N#CS. The predicted molar refractivity (Wildman–Crippen MR) is 101 cm³/mol. The van der Waals surface area contributed by atoms with Crippen molar-refractivity contribution in [3.05, 3.63) is 23.3 Å². The van der Waals surface area contributed by atoms with Crippen molar-refractivity contribution >= 4 is 18.4 Å². The number of Topliss-reactive ketones (excluding diaryl/α,β-unsaturated/α-hetero) is 1. The van der Waals surface area contributed by atoms with Gasteiger partial charge in [-0.3, -0.25) is 4.79 Å². The maximum atomic E-state index is 11.5. The van der Waals surface area contributed by atoms with E-state index in [1.807, 2.05) is 6.07 Å². The molecule has 0 unspecified atom stereocenters. The molecule has 1 N–H and O–H groups in total. The monoisotopic (exact) mass is 351 g/mol. The van der Waals surface area contributed by atoms with Gasteiger partial charge in [-0.15, -0.1) is 0 Å². The van der Waals surface area contributed by atoms with Crippen LogP contribution in [0.5, 0.6) is 11.5 Å². The number of aromatic hydroxyl groups is 1. The number of benzene rings is 1. The summed E-state index contributed by atoms with van der Waals surface area (Å²) in [4.78, 5) is 11.5. The van der Waals surface area contributed by atoms with E-state index in [1.165, 1.54) is 38.0 Å². The number of hydrogen-bond acceptors (Lipinski definition) is 5. The average Bonchev–Trinajstić information content (AvgIpc) is 2.54. The molecule has 0 aliphatic heterocycles. The number of rotatable bonds is 10. The van der Waals surface area contributed by atoms with E-state index in [0.29, 0.717) is 12.2 Å². The largest absolute Gasteiger partial charge is 0.507 e. The van der Waals surface area contributed by atoms with Crippen LogP contribution >= 0.6 is 12.6 Å². The lowest BCUT2D eigenvalue weighted by Gasteiger charge is -2.14. The lowest BCUT2D eigenvalue weighted by molar-refractivity contribution is 0.101. The highest BCUT2D eigenvalue weighted by molar-refractivity contribution is 7.85. The summed E-state index contributed by atoms with van der Waals surface area (Å²) < 4.78 is 5.81. The standard InChI is InChI=1S/C18H28O3.CHNS/c1-4-6-7-8-9-13-21-17-12-11-15(14(3)19)18(20)16(17)10-5-2;2-1-3/h11-12,20H,4-10,13H2,1-3H3;3H. The number of hydrogen-bond donors (Lipinski definition) is 2. The van der Waals surface area contributed by atoms with Gasteiger partial charge in [-0.2, -0.15) is 5.26 Å². The molecule has 5 heteroatoms. The van der Waals surface area contributed by atoms with Crippen LogP contribution in [-0.4, -0.2) is 17.5 Å². The number of phenols is 1. The quantitative estimate of drug-likeness (QED) is 0.260. The van der Waals surface area contributed by atoms with Crippen molar-refractivity contribution in [1.82, 2.24) is 0 Å². The van der Waals surface area contributed by atoms with Gasteiger partial charge in [-0.05, 0) is 31.9 Å². The fraction of sp³-hybridized carbons (Fsp3) is 0.579. The van der Waals surface area contributed by atoms with Gasteiger partial charge < -0.3 is 9.84 Å². The second-order valence-corrected chi connectivity index (χ2v) is 5.81. The summed E-state index contributed by atoms with van der Waals surface area (Å²) in [6.45, 7) is 6.39. The summed E-state index contributed by atoms with van der Waals surface area (Å²) in [6, 6.07) is 3.47. The van der Waals surface area contributed by atoms with Gasteiger partial charge in [0.15, 0.2) is 5.78 Å². The fourth-order valence-electron chi connectivity index (χ4n) is 2.42. The summed E-state index contributed by atoms with van der Waals surface area (Å²) in [5.41, 5.74) is 1.15. The number of thiol groups is 1. The lowest BCUT2D eigenvalue weighted by atomic mass is 10.0. The molecule has 0 spiro atoms. The van der Waals surface area contributed by atoms with Crippen LogP contribution < -0.4 is 4.74 Å². The van der Waals surface area contributed by atoms with Crippen LogP contribution in [0.25, 0.3) is 0 Å². The molecule has 0 aromatic heterocycles. The molecule has 1 aromatic rings. The Morgan fingerprint density at radius 2 is 1.83 bits per heavy atom. The third-order valence-electron chi connectivity index (χ3n) is 3.62. The van der Waals surface area contributed by atoms with Gasteiger partial charge >= 0.3 is 0 Å². The van der Waals surface area contributed by atoms with E-state index in [0.717, 1.165) is 30.6 Å². The van der Waals surface area contributed by atoms with Gasteiger partial charge in [0.25, 0.3) is 0 Å². The van der Waals surface area contributed by atoms with Crippen LogP contribution in [0.4, 0.5) is 0 Å². The molecule has 24 heavy (non-hydrogen) atoms. The molecular weight excluding hydrogens is 322 g/mol. The summed E-state index contributed by atoms with van der Waals surface area (Å²) >= 11 is 3.09. The van der Waals surface area contributed by atoms with Gasteiger partial charge in [-0.25, -0.2) is 0 Å². The van der Waals surface area contributed by atoms with Crippen molar-refractivity contribution in [2.45, 2.75) is 65.7 Å². The Kier molecular flexibility index (Phi) is 12.8. The Balaban J connectivity index is 0.00000163. The third kappa shape index (κ3) is 8.26. The minimum absolute atomic E-state index is 0.0906.